The van der Waals surface area contributed by atoms with Gasteiger partial charge >= 0.3 is 5.97 Å². The molecule has 0 amide bonds. The summed E-state index contributed by atoms with van der Waals surface area (Å²) >= 11 is 0. The maximum atomic E-state index is 13.2. The van der Waals surface area contributed by atoms with Crippen LogP contribution in [-0.4, -0.2) is 24.4 Å². The van der Waals surface area contributed by atoms with Crippen LogP contribution >= 0.6 is 0 Å². The molecule has 0 saturated heterocycles. The molecule has 0 aliphatic heterocycles. The summed E-state index contributed by atoms with van der Waals surface area (Å²) in [5.74, 6) is -0.522. The molecule has 0 aliphatic carbocycles. The van der Waals surface area contributed by atoms with Gasteiger partial charge in [0.2, 0.25) is 0 Å². The molecule has 1 atom stereocenters. The van der Waals surface area contributed by atoms with E-state index in [4.69, 9.17) is 10.5 Å². The van der Waals surface area contributed by atoms with E-state index in [1.165, 1.54) is 19.2 Å². The van der Waals surface area contributed by atoms with Crippen LogP contribution in [0.4, 0.5) is 0 Å². The molecule has 0 fully saturated rings. The predicted octanol–water partition coefficient (Wildman–Crippen LogP) is 2.95. The first-order chi connectivity index (χ1) is 12.8. The van der Waals surface area contributed by atoms with Crippen LogP contribution in [0, 0.1) is 6.92 Å². The molecule has 7 heteroatoms. The standard InChI is InChI=1S/C20H20N2O4S/c1-14-8-10-18(11-9-14)27(24,25)22-13-17(26-20(23)15(2)21)12-19(22)16-6-4-3-5-7-16/h3-13,15H,21H2,1-2H3. The second-order valence-electron chi connectivity index (χ2n) is 6.25. The number of rotatable bonds is 5. The van der Waals surface area contributed by atoms with Crippen molar-refractivity contribution < 1.29 is 17.9 Å². The summed E-state index contributed by atoms with van der Waals surface area (Å²) in [5.41, 5.74) is 7.56. The number of carbonyl (C=O) groups excluding carboxylic acids is 1. The number of aromatic nitrogens is 1. The Morgan fingerprint density at radius 3 is 2.30 bits per heavy atom. The Kier molecular flexibility index (Phi) is 5.16. The van der Waals surface area contributed by atoms with Crippen molar-refractivity contribution in [3.8, 4) is 17.0 Å². The first kappa shape index (κ1) is 18.9. The molecule has 1 heterocycles. The van der Waals surface area contributed by atoms with Crippen molar-refractivity contribution in [2.45, 2.75) is 24.8 Å². The fourth-order valence-corrected chi connectivity index (χ4v) is 3.89. The Balaban J connectivity index is 2.13. The van der Waals surface area contributed by atoms with Crippen molar-refractivity contribution in [2.24, 2.45) is 5.73 Å². The van der Waals surface area contributed by atoms with Gasteiger partial charge in [0.15, 0.2) is 0 Å². The van der Waals surface area contributed by atoms with Crippen molar-refractivity contribution in [3.63, 3.8) is 0 Å². The number of ether oxygens (including phenoxy) is 1. The van der Waals surface area contributed by atoms with Gasteiger partial charge in [0.25, 0.3) is 10.0 Å². The molecular formula is C20H20N2O4S. The van der Waals surface area contributed by atoms with Gasteiger partial charge in [0, 0.05) is 6.07 Å². The molecule has 3 rings (SSSR count). The van der Waals surface area contributed by atoms with Crippen LogP contribution in [0.2, 0.25) is 0 Å². The number of hydrogen-bond acceptors (Lipinski definition) is 5. The van der Waals surface area contributed by atoms with E-state index >= 15 is 0 Å². The zero-order chi connectivity index (χ0) is 19.6. The highest BCUT2D eigenvalue weighted by atomic mass is 32.2. The maximum Gasteiger partial charge on any atom is 0.328 e. The Hall–Kier alpha value is -2.90. The van der Waals surface area contributed by atoms with Crippen molar-refractivity contribution in [1.82, 2.24) is 3.97 Å². The molecule has 1 unspecified atom stereocenters. The van der Waals surface area contributed by atoms with Gasteiger partial charge < -0.3 is 10.5 Å². The third-order valence-electron chi connectivity index (χ3n) is 4.00. The number of benzene rings is 2. The van der Waals surface area contributed by atoms with E-state index in [0.29, 0.717) is 11.3 Å². The van der Waals surface area contributed by atoms with E-state index < -0.39 is 22.0 Å². The average molecular weight is 384 g/mol. The quantitative estimate of drug-likeness (QED) is 0.683. The zero-order valence-corrected chi connectivity index (χ0v) is 15.8. The normalized spacial score (nSPS) is 12.6. The van der Waals surface area contributed by atoms with Crippen LogP contribution in [-0.2, 0) is 14.8 Å². The highest BCUT2D eigenvalue weighted by Gasteiger charge is 2.23. The summed E-state index contributed by atoms with van der Waals surface area (Å²) in [5, 5.41) is 0. The lowest BCUT2D eigenvalue weighted by atomic mass is 10.2. The van der Waals surface area contributed by atoms with Crippen LogP contribution in [0.5, 0.6) is 5.75 Å². The summed E-state index contributed by atoms with van der Waals surface area (Å²) in [4.78, 5) is 12.0. The number of carbonyl (C=O) groups is 1. The van der Waals surface area contributed by atoms with Gasteiger partial charge in [-0.2, -0.15) is 0 Å². The van der Waals surface area contributed by atoms with Gasteiger partial charge in [-0.25, -0.2) is 17.2 Å². The van der Waals surface area contributed by atoms with Crippen LogP contribution in [0.25, 0.3) is 11.3 Å². The van der Waals surface area contributed by atoms with Crippen molar-refractivity contribution in [2.75, 3.05) is 0 Å². The number of nitrogens with two attached hydrogens (primary N) is 1. The van der Waals surface area contributed by atoms with Crippen molar-refractivity contribution >= 4 is 16.0 Å². The molecule has 0 spiro atoms. The highest BCUT2D eigenvalue weighted by Crippen LogP contribution is 2.30. The van der Waals surface area contributed by atoms with Gasteiger partial charge in [-0.15, -0.1) is 0 Å². The van der Waals surface area contributed by atoms with E-state index in [9.17, 15) is 13.2 Å². The minimum Gasteiger partial charge on any atom is -0.424 e. The minimum atomic E-state index is -3.88. The summed E-state index contributed by atoms with van der Waals surface area (Å²) in [6.07, 6.45) is 1.29. The van der Waals surface area contributed by atoms with Gasteiger partial charge in [-0.05, 0) is 31.5 Å². The van der Waals surface area contributed by atoms with Gasteiger partial charge in [-0.3, -0.25) is 0 Å². The summed E-state index contributed by atoms with van der Waals surface area (Å²) < 4.78 is 32.7. The molecule has 0 radical (unpaired) electrons. The van der Waals surface area contributed by atoms with Gasteiger partial charge in [0.05, 0.1) is 16.8 Å². The number of hydrogen-bond donors (Lipinski definition) is 1. The lowest BCUT2D eigenvalue weighted by molar-refractivity contribution is -0.135. The first-order valence-corrected chi connectivity index (χ1v) is 9.80. The molecule has 1 aromatic heterocycles. The summed E-state index contributed by atoms with van der Waals surface area (Å²) in [6, 6.07) is 16.3. The second kappa shape index (κ2) is 7.38. The van der Waals surface area contributed by atoms with Crippen molar-refractivity contribution in [3.05, 3.63) is 72.4 Å². The fraction of sp³-hybridized carbons (Fsp3) is 0.150. The molecule has 0 bridgehead atoms. The van der Waals surface area contributed by atoms with E-state index in [0.717, 1.165) is 9.54 Å². The lowest BCUT2D eigenvalue weighted by Gasteiger charge is -2.10. The topological polar surface area (TPSA) is 91.4 Å². The van der Waals surface area contributed by atoms with Gasteiger partial charge in [0.1, 0.15) is 11.8 Å². The first-order valence-electron chi connectivity index (χ1n) is 8.36. The van der Waals surface area contributed by atoms with Gasteiger partial charge in [-0.1, -0.05) is 48.0 Å². The zero-order valence-electron chi connectivity index (χ0n) is 15.0. The summed E-state index contributed by atoms with van der Waals surface area (Å²) in [6.45, 7) is 3.38. The largest absolute Gasteiger partial charge is 0.424 e. The molecule has 3 aromatic rings. The molecule has 6 nitrogen and oxygen atoms in total. The Morgan fingerprint density at radius 2 is 1.70 bits per heavy atom. The second-order valence-corrected chi connectivity index (χ2v) is 8.07. The highest BCUT2D eigenvalue weighted by molar-refractivity contribution is 7.90. The third kappa shape index (κ3) is 3.94. The molecular weight excluding hydrogens is 364 g/mol. The fourth-order valence-electron chi connectivity index (χ4n) is 2.53. The Morgan fingerprint density at radius 1 is 1.07 bits per heavy atom. The smallest absolute Gasteiger partial charge is 0.328 e. The van der Waals surface area contributed by atoms with Crippen molar-refractivity contribution in [1.29, 1.82) is 0 Å². The average Bonchev–Trinajstić information content (AvgIpc) is 3.07. The third-order valence-corrected chi connectivity index (χ3v) is 5.69. The lowest BCUT2D eigenvalue weighted by Crippen LogP contribution is -2.30. The van der Waals surface area contributed by atoms with E-state index in [-0.39, 0.29) is 10.6 Å². The van der Waals surface area contributed by atoms with Crippen LogP contribution in [0.1, 0.15) is 12.5 Å². The van der Waals surface area contributed by atoms with E-state index in [1.54, 1.807) is 48.5 Å². The number of nitrogens with zero attached hydrogens (tertiary/aromatic N) is 1. The molecule has 2 N–H and O–H groups in total. The Bertz CT molecular complexity index is 1050. The molecule has 27 heavy (non-hydrogen) atoms. The SMILES string of the molecule is Cc1ccc(S(=O)(=O)n2cc(OC(=O)C(C)N)cc2-c2ccccc2)cc1. The van der Waals surface area contributed by atoms with E-state index in [1.807, 2.05) is 13.0 Å². The molecule has 140 valence electrons. The molecule has 0 aliphatic rings. The van der Waals surface area contributed by atoms with Crippen LogP contribution in [0.3, 0.4) is 0 Å². The molecule has 2 aromatic carbocycles. The van der Waals surface area contributed by atoms with Crippen LogP contribution < -0.4 is 10.5 Å². The maximum absolute atomic E-state index is 13.2. The number of esters is 1. The Labute approximate surface area is 158 Å². The minimum absolute atomic E-state index is 0.117. The predicted molar refractivity (Wildman–Crippen MR) is 103 cm³/mol. The number of aryl methyl sites for hydroxylation is 1. The monoisotopic (exact) mass is 384 g/mol. The summed E-state index contributed by atoms with van der Waals surface area (Å²) in [7, 11) is -3.88. The molecule has 0 saturated carbocycles. The van der Waals surface area contributed by atoms with E-state index in [2.05, 4.69) is 0 Å². The van der Waals surface area contributed by atoms with Crippen LogP contribution in [0.15, 0.2) is 71.8 Å².